The lowest BCUT2D eigenvalue weighted by Gasteiger charge is -2.21. The topological polar surface area (TPSA) is 58.1 Å². The molecule has 0 heterocycles. The third-order valence-electron chi connectivity index (χ3n) is 4.22. The monoisotopic (exact) mass is 392 g/mol. The van der Waals surface area contributed by atoms with Gasteiger partial charge in [-0.1, -0.05) is 37.3 Å². The molecule has 0 fully saturated rings. The van der Waals surface area contributed by atoms with Crippen molar-refractivity contribution in [3.63, 3.8) is 0 Å². The maximum Gasteiger partial charge on any atom is 0.191 e. The molecule has 1 rings (SSSR count). The molecule has 1 aromatic rings. The van der Waals surface area contributed by atoms with Gasteiger partial charge in [-0.15, -0.1) is 0 Å². The SMILES string of the molecule is CCNC(=NCC(C)COCc1ccccc1)NCC(CCN(C)C)OCC. The highest BCUT2D eigenvalue weighted by atomic mass is 16.5. The van der Waals surface area contributed by atoms with Gasteiger partial charge >= 0.3 is 0 Å². The number of nitrogens with one attached hydrogen (secondary N) is 2. The average molecular weight is 393 g/mol. The van der Waals surface area contributed by atoms with Crippen molar-refractivity contribution in [1.82, 2.24) is 15.5 Å². The highest BCUT2D eigenvalue weighted by Gasteiger charge is 2.10. The zero-order valence-electron chi connectivity index (χ0n) is 18.4. The number of nitrogens with zero attached hydrogens (tertiary/aromatic N) is 2. The zero-order chi connectivity index (χ0) is 20.6. The minimum atomic E-state index is 0.183. The number of hydrogen-bond donors (Lipinski definition) is 2. The molecule has 0 saturated carbocycles. The molecular weight excluding hydrogens is 352 g/mol. The fraction of sp³-hybridized carbons (Fsp3) is 0.682. The number of hydrogen-bond acceptors (Lipinski definition) is 4. The first kappa shape index (κ1) is 24.4. The maximum atomic E-state index is 5.85. The summed E-state index contributed by atoms with van der Waals surface area (Å²) in [5.74, 6) is 1.20. The first-order valence-electron chi connectivity index (χ1n) is 10.4. The van der Waals surface area contributed by atoms with Crippen LogP contribution in [0.1, 0.15) is 32.8 Å². The summed E-state index contributed by atoms with van der Waals surface area (Å²) in [6.45, 7) is 11.7. The lowest BCUT2D eigenvalue weighted by Crippen LogP contribution is -2.42. The predicted molar refractivity (Wildman–Crippen MR) is 118 cm³/mol. The van der Waals surface area contributed by atoms with Gasteiger partial charge in [-0.2, -0.15) is 0 Å². The van der Waals surface area contributed by atoms with E-state index in [9.17, 15) is 0 Å². The lowest BCUT2D eigenvalue weighted by molar-refractivity contribution is 0.0548. The number of benzene rings is 1. The number of guanidine groups is 1. The molecule has 2 atom stereocenters. The normalized spacial score (nSPS) is 14.1. The van der Waals surface area contributed by atoms with Crippen LogP contribution in [0.2, 0.25) is 0 Å². The van der Waals surface area contributed by atoms with E-state index < -0.39 is 0 Å². The summed E-state index contributed by atoms with van der Waals surface area (Å²) >= 11 is 0. The first-order chi connectivity index (χ1) is 13.5. The van der Waals surface area contributed by atoms with Crippen LogP contribution in [0.25, 0.3) is 0 Å². The minimum Gasteiger partial charge on any atom is -0.377 e. The van der Waals surface area contributed by atoms with Crippen LogP contribution in [0.4, 0.5) is 0 Å². The van der Waals surface area contributed by atoms with Crippen molar-refractivity contribution in [2.75, 3.05) is 53.5 Å². The second-order valence-electron chi connectivity index (χ2n) is 7.38. The van der Waals surface area contributed by atoms with Gasteiger partial charge in [-0.05, 0) is 45.8 Å². The standard InChI is InChI=1S/C22H40N4O2/c1-6-23-22(25-16-21(28-7-2)13-14-26(4)5)24-15-19(3)17-27-18-20-11-9-8-10-12-20/h8-12,19,21H,6-7,13-18H2,1-5H3,(H2,23,24,25). The molecule has 0 spiro atoms. The summed E-state index contributed by atoms with van der Waals surface area (Å²) in [4.78, 5) is 6.90. The van der Waals surface area contributed by atoms with E-state index in [1.807, 2.05) is 25.1 Å². The summed E-state index contributed by atoms with van der Waals surface area (Å²) in [5.41, 5.74) is 1.20. The Labute approximate surface area is 171 Å². The van der Waals surface area contributed by atoms with E-state index in [2.05, 4.69) is 55.6 Å². The molecule has 0 saturated heterocycles. The average Bonchev–Trinajstić information content (AvgIpc) is 2.68. The highest BCUT2D eigenvalue weighted by Crippen LogP contribution is 2.04. The van der Waals surface area contributed by atoms with Gasteiger partial charge in [0.25, 0.3) is 0 Å². The van der Waals surface area contributed by atoms with Crippen LogP contribution in [0.3, 0.4) is 0 Å². The van der Waals surface area contributed by atoms with Crippen LogP contribution in [0, 0.1) is 5.92 Å². The fourth-order valence-corrected chi connectivity index (χ4v) is 2.69. The van der Waals surface area contributed by atoms with Crippen LogP contribution in [0.5, 0.6) is 0 Å². The zero-order valence-corrected chi connectivity index (χ0v) is 18.4. The quantitative estimate of drug-likeness (QED) is 0.377. The lowest BCUT2D eigenvalue weighted by atomic mass is 10.2. The number of ether oxygens (including phenoxy) is 2. The van der Waals surface area contributed by atoms with Gasteiger partial charge in [-0.25, -0.2) is 0 Å². The molecule has 0 bridgehead atoms. The van der Waals surface area contributed by atoms with Crippen LogP contribution < -0.4 is 10.6 Å². The van der Waals surface area contributed by atoms with E-state index in [0.29, 0.717) is 19.1 Å². The molecule has 6 nitrogen and oxygen atoms in total. The molecule has 28 heavy (non-hydrogen) atoms. The number of aliphatic imine (C=N–C) groups is 1. The summed E-state index contributed by atoms with van der Waals surface area (Å²) in [6.07, 6.45) is 1.18. The molecule has 0 aliphatic heterocycles. The molecular formula is C22H40N4O2. The summed E-state index contributed by atoms with van der Waals surface area (Å²) in [7, 11) is 4.17. The van der Waals surface area contributed by atoms with Gasteiger partial charge in [0.05, 0.1) is 19.3 Å². The molecule has 6 heteroatoms. The summed E-state index contributed by atoms with van der Waals surface area (Å²) in [6, 6.07) is 10.3. The molecule has 0 amide bonds. The highest BCUT2D eigenvalue weighted by molar-refractivity contribution is 5.79. The van der Waals surface area contributed by atoms with Crippen molar-refractivity contribution in [2.24, 2.45) is 10.9 Å². The van der Waals surface area contributed by atoms with E-state index in [4.69, 9.17) is 14.5 Å². The molecule has 2 unspecified atom stereocenters. The van der Waals surface area contributed by atoms with Gasteiger partial charge in [-0.3, -0.25) is 4.99 Å². The van der Waals surface area contributed by atoms with Crippen molar-refractivity contribution in [3.05, 3.63) is 35.9 Å². The number of rotatable bonds is 14. The Kier molecular flexibility index (Phi) is 13.3. The first-order valence-corrected chi connectivity index (χ1v) is 10.4. The summed E-state index contributed by atoms with van der Waals surface area (Å²) < 4.78 is 11.7. The van der Waals surface area contributed by atoms with E-state index in [1.165, 1.54) is 5.56 Å². The third-order valence-corrected chi connectivity index (χ3v) is 4.22. The van der Waals surface area contributed by atoms with Crippen LogP contribution in [-0.4, -0.2) is 70.5 Å². The maximum absolute atomic E-state index is 5.85. The Morgan fingerprint density at radius 1 is 1.14 bits per heavy atom. The Bertz CT molecular complexity index is 523. The minimum absolute atomic E-state index is 0.183. The Morgan fingerprint density at radius 2 is 1.89 bits per heavy atom. The third kappa shape index (κ3) is 12.0. The van der Waals surface area contributed by atoms with Crippen molar-refractivity contribution in [2.45, 2.75) is 39.9 Å². The van der Waals surface area contributed by atoms with Crippen molar-refractivity contribution in [1.29, 1.82) is 0 Å². The van der Waals surface area contributed by atoms with Gasteiger partial charge < -0.3 is 25.0 Å². The molecule has 0 radical (unpaired) electrons. The Hall–Kier alpha value is -1.63. The molecule has 0 aromatic heterocycles. The van der Waals surface area contributed by atoms with Crippen molar-refractivity contribution in [3.8, 4) is 0 Å². The van der Waals surface area contributed by atoms with Gasteiger partial charge in [0, 0.05) is 32.8 Å². The van der Waals surface area contributed by atoms with Crippen molar-refractivity contribution >= 4 is 5.96 Å². The van der Waals surface area contributed by atoms with Crippen LogP contribution in [0.15, 0.2) is 35.3 Å². The molecule has 1 aromatic carbocycles. The van der Waals surface area contributed by atoms with Crippen LogP contribution in [-0.2, 0) is 16.1 Å². The van der Waals surface area contributed by atoms with E-state index >= 15 is 0 Å². The fourth-order valence-electron chi connectivity index (χ4n) is 2.69. The largest absolute Gasteiger partial charge is 0.377 e. The van der Waals surface area contributed by atoms with Gasteiger partial charge in [0.1, 0.15) is 0 Å². The van der Waals surface area contributed by atoms with Crippen molar-refractivity contribution < 1.29 is 9.47 Å². The van der Waals surface area contributed by atoms with E-state index in [1.54, 1.807) is 0 Å². The van der Waals surface area contributed by atoms with Gasteiger partial charge in [0.15, 0.2) is 5.96 Å². The van der Waals surface area contributed by atoms with Crippen LogP contribution >= 0.6 is 0 Å². The van der Waals surface area contributed by atoms with E-state index in [-0.39, 0.29) is 6.10 Å². The second-order valence-corrected chi connectivity index (χ2v) is 7.38. The Morgan fingerprint density at radius 3 is 2.54 bits per heavy atom. The van der Waals surface area contributed by atoms with Gasteiger partial charge in [0.2, 0.25) is 0 Å². The molecule has 160 valence electrons. The summed E-state index contributed by atoms with van der Waals surface area (Å²) in [5, 5.41) is 6.74. The predicted octanol–water partition coefficient (Wildman–Crippen LogP) is 2.75. The Balaban J connectivity index is 2.39. The molecule has 2 N–H and O–H groups in total. The smallest absolute Gasteiger partial charge is 0.191 e. The molecule has 0 aliphatic rings. The van der Waals surface area contributed by atoms with E-state index in [0.717, 1.165) is 45.2 Å². The molecule has 0 aliphatic carbocycles. The second kappa shape index (κ2) is 15.3.